The van der Waals surface area contributed by atoms with E-state index in [0.717, 1.165) is 18.9 Å². The Morgan fingerprint density at radius 2 is 1.92 bits per heavy atom. The molecule has 1 unspecified atom stereocenters. The number of ether oxygens (including phenoxy) is 1. The van der Waals surface area contributed by atoms with Crippen LogP contribution in [0.4, 0.5) is 0 Å². The van der Waals surface area contributed by atoms with Gasteiger partial charge in [0.2, 0.25) is 0 Å². The van der Waals surface area contributed by atoms with Crippen molar-refractivity contribution in [2.75, 3.05) is 13.7 Å². The van der Waals surface area contributed by atoms with Crippen molar-refractivity contribution in [1.82, 2.24) is 0 Å². The monoisotopic (exact) mass is 206 g/mol. The van der Waals surface area contributed by atoms with Crippen molar-refractivity contribution in [2.24, 2.45) is 5.92 Å². The van der Waals surface area contributed by atoms with Gasteiger partial charge in [-0.3, -0.25) is 0 Å². The average molecular weight is 207 g/mol. The van der Waals surface area contributed by atoms with Gasteiger partial charge < -0.3 is 4.74 Å². The van der Waals surface area contributed by atoms with Crippen LogP contribution in [0.5, 0.6) is 0 Å². The Bertz CT molecular complexity index is 118. The Morgan fingerprint density at radius 3 is 2.38 bits per heavy atom. The van der Waals surface area contributed by atoms with E-state index < -0.39 is 0 Å². The maximum absolute atomic E-state index is 6.10. The second-order valence-electron chi connectivity index (χ2n) is 4.50. The molecule has 1 nitrogen and oxygen atoms in total. The largest absolute Gasteiger partial charge is 0.385 e. The second kappa shape index (κ2) is 6.67. The first-order chi connectivity index (χ1) is 5.95. The zero-order chi connectivity index (χ0) is 10.3. The van der Waals surface area contributed by atoms with E-state index in [4.69, 9.17) is 16.3 Å². The van der Waals surface area contributed by atoms with Crippen molar-refractivity contribution in [1.29, 1.82) is 0 Å². The summed E-state index contributed by atoms with van der Waals surface area (Å²) in [6.07, 6.45) is 4.76. The summed E-state index contributed by atoms with van der Waals surface area (Å²) in [6.45, 7) is 7.31. The molecular formula is C11H23ClO. The fraction of sp³-hybridized carbons (Fsp3) is 1.00. The predicted molar refractivity (Wildman–Crippen MR) is 59.4 cm³/mol. The minimum absolute atomic E-state index is 0.0268. The van der Waals surface area contributed by atoms with Crippen LogP contribution in [-0.4, -0.2) is 18.6 Å². The highest BCUT2D eigenvalue weighted by atomic mass is 35.5. The Balaban J connectivity index is 3.31. The van der Waals surface area contributed by atoms with Gasteiger partial charge in [-0.2, -0.15) is 0 Å². The Hall–Kier alpha value is 0.250. The molecule has 0 amide bonds. The lowest BCUT2D eigenvalue weighted by molar-refractivity contribution is 0.177. The molecule has 0 saturated carbocycles. The molecule has 0 saturated heterocycles. The van der Waals surface area contributed by atoms with Gasteiger partial charge >= 0.3 is 0 Å². The summed E-state index contributed by atoms with van der Waals surface area (Å²) < 4.78 is 5.03. The first kappa shape index (κ1) is 13.2. The molecule has 0 N–H and O–H groups in total. The van der Waals surface area contributed by atoms with Gasteiger partial charge in [0.25, 0.3) is 0 Å². The molecule has 0 radical (unpaired) electrons. The van der Waals surface area contributed by atoms with E-state index >= 15 is 0 Å². The van der Waals surface area contributed by atoms with Crippen LogP contribution >= 0.6 is 11.6 Å². The van der Waals surface area contributed by atoms with Crippen molar-refractivity contribution in [3.63, 3.8) is 0 Å². The van der Waals surface area contributed by atoms with Crippen LogP contribution in [0.1, 0.15) is 46.5 Å². The molecule has 0 rings (SSSR count). The Kier molecular flexibility index (Phi) is 6.79. The summed E-state index contributed by atoms with van der Waals surface area (Å²) in [7, 11) is 1.76. The molecule has 0 aromatic rings. The topological polar surface area (TPSA) is 9.23 Å². The molecule has 0 spiro atoms. The summed E-state index contributed by atoms with van der Waals surface area (Å²) in [6, 6.07) is 0. The molecular weight excluding hydrogens is 184 g/mol. The quantitative estimate of drug-likeness (QED) is 0.575. The smallest absolute Gasteiger partial charge is 0.0464 e. The van der Waals surface area contributed by atoms with Crippen molar-refractivity contribution in [3.8, 4) is 0 Å². The molecule has 0 aliphatic heterocycles. The average Bonchev–Trinajstić information content (AvgIpc) is 1.98. The third-order valence-corrected chi connectivity index (χ3v) is 2.47. The van der Waals surface area contributed by atoms with Gasteiger partial charge in [0.15, 0.2) is 0 Å². The normalized spacial score (nSPS) is 14.5. The van der Waals surface area contributed by atoms with Gasteiger partial charge in [-0.05, 0) is 32.6 Å². The first-order valence-electron chi connectivity index (χ1n) is 5.13. The highest BCUT2D eigenvalue weighted by Gasteiger charge is 2.13. The van der Waals surface area contributed by atoms with Crippen molar-refractivity contribution in [3.05, 3.63) is 0 Å². The van der Waals surface area contributed by atoms with Crippen LogP contribution in [0.15, 0.2) is 0 Å². The van der Waals surface area contributed by atoms with Crippen molar-refractivity contribution in [2.45, 2.75) is 51.3 Å². The molecule has 0 aliphatic carbocycles. The fourth-order valence-electron chi connectivity index (χ4n) is 1.33. The zero-order valence-corrected chi connectivity index (χ0v) is 10.2. The molecule has 0 bridgehead atoms. The summed E-state index contributed by atoms with van der Waals surface area (Å²) >= 11 is 6.10. The van der Waals surface area contributed by atoms with Gasteiger partial charge in [0.05, 0.1) is 0 Å². The van der Waals surface area contributed by atoms with Crippen LogP contribution < -0.4 is 0 Å². The Labute approximate surface area is 87.8 Å². The van der Waals surface area contributed by atoms with Gasteiger partial charge in [-0.15, -0.1) is 11.6 Å². The number of rotatable bonds is 7. The van der Waals surface area contributed by atoms with Crippen LogP contribution in [0.3, 0.4) is 0 Å². The van der Waals surface area contributed by atoms with Crippen LogP contribution in [-0.2, 0) is 4.74 Å². The molecule has 0 aliphatic rings. The minimum Gasteiger partial charge on any atom is -0.385 e. The lowest BCUT2D eigenvalue weighted by Gasteiger charge is -2.17. The van der Waals surface area contributed by atoms with E-state index in [2.05, 4.69) is 20.8 Å². The van der Waals surface area contributed by atoms with E-state index in [1.807, 2.05) is 0 Å². The molecule has 1 atom stereocenters. The molecule has 0 fully saturated rings. The standard InChI is InChI=1S/C11H23ClO/c1-10(7-9-13-4)6-5-8-11(2,3)12/h10H,5-9H2,1-4H3. The number of alkyl halides is 1. The first-order valence-corrected chi connectivity index (χ1v) is 5.51. The van der Waals surface area contributed by atoms with E-state index in [9.17, 15) is 0 Å². The second-order valence-corrected chi connectivity index (χ2v) is 5.52. The van der Waals surface area contributed by atoms with Gasteiger partial charge in [0.1, 0.15) is 0 Å². The van der Waals surface area contributed by atoms with Crippen LogP contribution in [0.2, 0.25) is 0 Å². The minimum atomic E-state index is -0.0268. The lowest BCUT2D eigenvalue weighted by atomic mass is 9.97. The highest BCUT2D eigenvalue weighted by molar-refractivity contribution is 6.23. The summed E-state index contributed by atoms with van der Waals surface area (Å²) in [5.41, 5.74) is 0. The SMILES string of the molecule is COCCC(C)CCCC(C)(C)Cl. The number of methoxy groups -OCH3 is 1. The van der Waals surface area contributed by atoms with E-state index in [1.54, 1.807) is 7.11 Å². The molecule has 13 heavy (non-hydrogen) atoms. The summed E-state index contributed by atoms with van der Waals surface area (Å²) in [4.78, 5) is -0.0268. The Morgan fingerprint density at radius 1 is 1.31 bits per heavy atom. The maximum Gasteiger partial charge on any atom is 0.0464 e. The van der Waals surface area contributed by atoms with Crippen molar-refractivity contribution < 1.29 is 4.74 Å². The number of hydrogen-bond donors (Lipinski definition) is 0. The van der Waals surface area contributed by atoms with Crippen LogP contribution in [0, 0.1) is 5.92 Å². The van der Waals surface area contributed by atoms with E-state index in [1.165, 1.54) is 19.3 Å². The lowest BCUT2D eigenvalue weighted by Crippen LogP contribution is -2.10. The zero-order valence-electron chi connectivity index (χ0n) is 9.40. The van der Waals surface area contributed by atoms with E-state index in [0.29, 0.717) is 0 Å². The highest BCUT2D eigenvalue weighted by Crippen LogP contribution is 2.22. The predicted octanol–water partition coefficient (Wildman–Crippen LogP) is 3.85. The van der Waals surface area contributed by atoms with E-state index in [-0.39, 0.29) is 4.87 Å². The third-order valence-electron chi connectivity index (χ3n) is 2.28. The maximum atomic E-state index is 6.10. The fourth-order valence-corrected chi connectivity index (χ4v) is 1.47. The summed E-state index contributed by atoms with van der Waals surface area (Å²) in [5.74, 6) is 0.763. The van der Waals surface area contributed by atoms with Gasteiger partial charge in [-0.25, -0.2) is 0 Å². The van der Waals surface area contributed by atoms with Crippen molar-refractivity contribution >= 4 is 11.6 Å². The van der Waals surface area contributed by atoms with Gasteiger partial charge in [0, 0.05) is 18.6 Å². The number of halogens is 1. The van der Waals surface area contributed by atoms with Crippen LogP contribution in [0.25, 0.3) is 0 Å². The molecule has 0 aromatic carbocycles. The molecule has 0 aromatic heterocycles. The third kappa shape index (κ3) is 10.2. The number of hydrogen-bond acceptors (Lipinski definition) is 1. The summed E-state index contributed by atoms with van der Waals surface area (Å²) in [5, 5.41) is 0. The van der Waals surface area contributed by atoms with Gasteiger partial charge in [-0.1, -0.05) is 19.8 Å². The molecule has 0 heterocycles. The molecule has 2 heteroatoms. The molecule has 80 valence electrons.